The minimum atomic E-state index is -0.510. The Morgan fingerprint density at radius 1 is 1.23 bits per heavy atom. The van der Waals surface area contributed by atoms with Crippen LogP contribution in [0.15, 0.2) is 59.0 Å². The number of benzene rings is 1. The molecule has 0 aliphatic carbocycles. The fourth-order valence-corrected chi connectivity index (χ4v) is 2.89. The molecule has 0 saturated carbocycles. The maximum atomic E-state index is 12.1. The molecule has 2 heterocycles. The van der Waals surface area contributed by atoms with Crippen molar-refractivity contribution in [1.29, 1.82) is 0 Å². The number of amides is 1. The van der Waals surface area contributed by atoms with Crippen LogP contribution in [0.25, 0.3) is 0 Å². The molecular formula is C17H17N9O3S. The number of anilines is 2. The summed E-state index contributed by atoms with van der Waals surface area (Å²) >= 11 is 1.08. The molecule has 3 rings (SSSR count). The highest BCUT2D eigenvalue weighted by atomic mass is 32.2. The Balaban J connectivity index is 1.54. The summed E-state index contributed by atoms with van der Waals surface area (Å²) in [6.45, 7) is 1.82. The quantitative estimate of drug-likeness (QED) is 0.160. The van der Waals surface area contributed by atoms with Crippen molar-refractivity contribution in [2.75, 3.05) is 22.3 Å². The van der Waals surface area contributed by atoms with Crippen LogP contribution in [0.5, 0.6) is 0 Å². The number of nitro groups is 1. The molecule has 0 bridgehead atoms. The zero-order valence-electron chi connectivity index (χ0n) is 15.7. The Morgan fingerprint density at radius 3 is 2.60 bits per heavy atom. The van der Waals surface area contributed by atoms with E-state index in [1.165, 1.54) is 28.9 Å². The second-order valence-electron chi connectivity index (χ2n) is 5.86. The fraction of sp³-hybridized carbons (Fsp3) is 0.118. The summed E-state index contributed by atoms with van der Waals surface area (Å²) in [7, 11) is 0. The number of hydrogen-bond acceptors (Lipinski definition) is 10. The molecule has 2 aromatic heterocycles. The predicted octanol–water partition coefficient (Wildman–Crippen LogP) is 1.86. The third kappa shape index (κ3) is 5.29. The molecule has 0 aliphatic rings. The summed E-state index contributed by atoms with van der Waals surface area (Å²) in [6.07, 6.45) is 3.33. The van der Waals surface area contributed by atoms with Crippen LogP contribution in [-0.2, 0) is 4.79 Å². The summed E-state index contributed by atoms with van der Waals surface area (Å²) in [4.78, 5) is 26.2. The summed E-state index contributed by atoms with van der Waals surface area (Å²) < 4.78 is 1.19. The van der Waals surface area contributed by atoms with Gasteiger partial charge in [0.2, 0.25) is 11.1 Å². The maximum absolute atomic E-state index is 12.1. The van der Waals surface area contributed by atoms with E-state index in [1.54, 1.807) is 12.4 Å². The average Bonchev–Trinajstić information content (AvgIpc) is 3.11. The monoisotopic (exact) mass is 427 g/mol. The van der Waals surface area contributed by atoms with E-state index in [2.05, 4.69) is 31.0 Å². The Morgan fingerprint density at radius 2 is 1.93 bits per heavy atom. The number of nitrogens with one attached hydrogen (secondary N) is 2. The van der Waals surface area contributed by atoms with Crippen LogP contribution in [0, 0.1) is 10.1 Å². The molecule has 0 aliphatic heterocycles. The third-order valence-electron chi connectivity index (χ3n) is 3.78. The van der Waals surface area contributed by atoms with E-state index in [-0.39, 0.29) is 23.3 Å². The largest absolute Gasteiger partial charge is 0.334 e. The lowest BCUT2D eigenvalue weighted by Gasteiger charge is -2.05. The van der Waals surface area contributed by atoms with Gasteiger partial charge in [-0.05, 0) is 31.2 Å². The van der Waals surface area contributed by atoms with Crippen LogP contribution >= 0.6 is 11.8 Å². The second kappa shape index (κ2) is 9.47. The van der Waals surface area contributed by atoms with Gasteiger partial charge in [-0.2, -0.15) is 5.10 Å². The van der Waals surface area contributed by atoms with E-state index in [4.69, 9.17) is 5.84 Å². The zero-order valence-corrected chi connectivity index (χ0v) is 16.5. The van der Waals surface area contributed by atoms with Crippen LogP contribution in [0.1, 0.15) is 12.5 Å². The minimum absolute atomic E-state index is 0.0195. The Hall–Kier alpha value is -4.00. The first-order valence-corrected chi connectivity index (χ1v) is 9.51. The van der Waals surface area contributed by atoms with Gasteiger partial charge in [-0.3, -0.25) is 19.9 Å². The molecular weight excluding hydrogens is 410 g/mol. The number of nitrogen functional groups attached to an aromatic ring is 1. The number of thioether (sulfide) groups is 1. The summed E-state index contributed by atoms with van der Waals surface area (Å²) in [5.41, 5.74) is 4.72. The molecule has 4 N–H and O–H groups in total. The highest BCUT2D eigenvalue weighted by molar-refractivity contribution is 7.99. The Bertz CT molecular complexity index is 1070. The van der Waals surface area contributed by atoms with Crippen molar-refractivity contribution in [3.8, 4) is 0 Å². The van der Waals surface area contributed by atoms with Crippen molar-refractivity contribution in [3.63, 3.8) is 0 Å². The molecule has 0 fully saturated rings. The van der Waals surface area contributed by atoms with Gasteiger partial charge in [0.05, 0.1) is 16.4 Å². The van der Waals surface area contributed by atoms with Gasteiger partial charge in [0.1, 0.15) is 0 Å². The lowest BCUT2D eigenvalue weighted by molar-refractivity contribution is -0.384. The molecule has 13 heteroatoms. The first-order chi connectivity index (χ1) is 14.4. The van der Waals surface area contributed by atoms with E-state index >= 15 is 0 Å². The topological polar surface area (TPSA) is 166 Å². The average molecular weight is 427 g/mol. The molecule has 1 aromatic carbocycles. The molecule has 3 aromatic rings. The number of nitrogens with two attached hydrogens (primary N) is 1. The molecule has 0 unspecified atom stereocenters. The standard InChI is InChI=1S/C17H17N9O3S/c1-11(12-6-8-19-9-7-12)21-22-16-23-24-17(25(16)18)30-10-15(27)20-13-2-4-14(5-3-13)26(28)29/h2-9H,10,18H2,1H3,(H,20,27)(H,22,23)/b21-11+. The number of carbonyl (C=O) groups excluding carboxylic acids is 1. The molecule has 0 atom stereocenters. The maximum Gasteiger partial charge on any atom is 0.269 e. The lowest BCUT2D eigenvalue weighted by atomic mass is 10.2. The number of hydrogen-bond donors (Lipinski definition) is 3. The van der Waals surface area contributed by atoms with E-state index in [0.717, 1.165) is 17.3 Å². The summed E-state index contributed by atoms with van der Waals surface area (Å²) in [5, 5.41) is 25.7. The van der Waals surface area contributed by atoms with Gasteiger partial charge in [-0.15, -0.1) is 10.2 Å². The van der Waals surface area contributed by atoms with Crippen molar-refractivity contribution < 1.29 is 9.72 Å². The molecule has 30 heavy (non-hydrogen) atoms. The Labute approximate surface area is 174 Å². The van der Waals surface area contributed by atoms with Crippen molar-refractivity contribution in [2.24, 2.45) is 5.10 Å². The number of carbonyl (C=O) groups is 1. The number of hydrazone groups is 1. The second-order valence-corrected chi connectivity index (χ2v) is 6.80. The molecule has 154 valence electrons. The normalized spacial score (nSPS) is 11.2. The van der Waals surface area contributed by atoms with Crippen LogP contribution in [0.4, 0.5) is 17.3 Å². The first-order valence-electron chi connectivity index (χ1n) is 8.52. The lowest BCUT2D eigenvalue weighted by Crippen LogP contribution is -2.17. The van der Waals surface area contributed by atoms with Crippen LogP contribution in [-0.4, -0.2) is 42.2 Å². The van der Waals surface area contributed by atoms with E-state index in [0.29, 0.717) is 16.6 Å². The zero-order chi connectivity index (χ0) is 21.5. The SMILES string of the molecule is C/C(=N\Nc1nnc(SCC(=O)Nc2ccc([N+](=O)[O-])cc2)n1N)c1ccncc1. The third-order valence-corrected chi connectivity index (χ3v) is 4.72. The van der Waals surface area contributed by atoms with Gasteiger partial charge >= 0.3 is 0 Å². The van der Waals surface area contributed by atoms with Crippen LogP contribution in [0.3, 0.4) is 0 Å². The summed E-state index contributed by atoms with van der Waals surface area (Å²) in [6, 6.07) is 9.17. The van der Waals surface area contributed by atoms with E-state index in [1.807, 2.05) is 19.1 Å². The number of aromatic nitrogens is 4. The van der Waals surface area contributed by atoms with Crippen LogP contribution < -0.4 is 16.6 Å². The van der Waals surface area contributed by atoms with Gasteiger partial charge in [0.15, 0.2) is 0 Å². The number of rotatable bonds is 8. The smallest absolute Gasteiger partial charge is 0.269 e. The van der Waals surface area contributed by atoms with Crippen molar-refractivity contribution in [3.05, 3.63) is 64.5 Å². The highest BCUT2D eigenvalue weighted by Gasteiger charge is 2.13. The molecule has 12 nitrogen and oxygen atoms in total. The van der Waals surface area contributed by atoms with Crippen LogP contribution in [0.2, 0.25) is 0 Å². The number of nitrogens with zero attached hydrogens (tertiary/aromatic N) is 6. The van der Waals surface area contributed by atoms with Gasteiger partial charge < -0.3 is 11.2 Å². The van der Waals surface area contributed by atoms with Crippen molar-refractivity contribution in [1.82, 2.24) is 19.9 Å². The minimum Gasteiger partial charge on any atom is -0.334 e. The fourth-order valence-electron chi connectivity index (χ4n) is 2.24. The van der Waals surface area contributed by atoms with Gasteiger partial charge in [-0.25, -0.2) is 10.1 Å². The number of nitro benzene ring substituents is 1. The van der Waals surface area contributed by atoms with Gasteiger partial charge in [0.25, 0.3) is 11.6 Å². The highest BCUT2D eigenvalue weighted by Crippen LogP contribution is 2.19. The van der Waals surface area contributed by atoms with E-state index < -0.39 is 4.92 Å². The van der Waals surface area contributed by atoms with Gasteiger partial charge in [-0.1, -0.05) is 11.8 Å². The van der Waals surface area contributed by atoms with Crippen molar-refractivity contribution in [2.45, 2.75) is 12.1 Å². The summed E-state index contributed by atoms with van der Waals surface area (Å²) in [5.74, 6) is 5.85. The number of pyridine rings is 1. The van der Waals surface area contributed by atoms with Gasteiger partial charge in [0, 0.05) is 35.8 Å². The predicted molar refractivity (Wildman–Crippen MR) is 113 cm³/mol. The number of non-ortho nitro benzene ring substituents is 1. The molecule has 1 amide bonds. The molecule has 0 radical (unpaired) electrons. The van der Waals surface area contributed by atoms with E-state index in [9.17, 15) is 14.9 Å². The first kappa shape index (κ1) is 20.7. The molecule has 0 saturated heterocycles. The van der Waals surface area contributed by atoms with Crippen molar-refractivity contribution >= 4 is 40.7 Å². The Kier molecular flexibility index (Phi) is 6.54. The molecule has 0 spiro atoms.